The van der Waals surface area contributed by atoms with Gasteiger partial charge in [-0.1, -0.05) is 80.6 Å². The molecule has 374 valence electrons. The van der Waals surface area contributed by atoms with E-state index >= 15 is 0 Å². The zero-order valence-electron chi connectivity index (χ0n) is 41.2. The van der Waals surface area contributed by atoms with Gasteiger partial charge in [-0.15, -0.1) is 0 Å². The van der Waals surface area contributed by atoms with Gasteiger partial charge in [-0.3, -0.25) is 0 Å². The first kappa shape index (κ1) is 53.7. The van der Waals surface area contributed by atoms with E-state index in [9.17, 15) is 38.9 Å². The molecule has 2 fully saturated rings. The van der Waals surface area contributed by atoms with Crippen molar-refractivity contribution in [3.05, 3.63) is 138 Å². The summed E-state index contributed by atoms with van der Waals surface area (Å²) >= 11 is 0. The predicted molar refractivity (Wildman–Crippen MR) is 271 cm³/mol. The van der Waals surface area contributed by atoms with Crippen molar-refractivity contribution in [2.75, 3.05) is 77.3 Å². The fourth-order valence-corrected chi connectivity index (χ4v) is 12.8. The van der Waals surface area contributed by atoms with E-state index in [1.165, 1.54) is 109 Å². The molecule has 0 amide bonds. The Balaban J connectivity index is 0.000000325. The number of hydrogen-bond acceptors (Lipinski definition) is 11. The predicted octanol–water partition coefficient (Wildman–Crippen LogP) is 8.61. The number of nitrogens with zero attached hydrogens (tertiary/aromatic N) is 4. The molecule has 4 aromatic carbocycles. The second kappa shape index (κ2) is 21.8. The zero-order chi connectivity index (χ0) is 50.5. The van der Waals surface area contributed by atoms with Crippen LogP contribution in [0.4, 0.5) is 17.1 Å². The average Bonchev–Trinajstić information content (AvgIpc) is 3.78. The molecule has 7 rings (SSSR count). The van der Waals surface area contributed by atoms with E-state index in [0.717, 1.165) is 23.7 Å². The molecular formula is C53H69N4O9S3-. The third-order valence-corrected chi connectivity index (χ3v) is 16.8. The van der Waals surface area contributed by atoms with Gasteiger partial charge in [-0.25, -0.2) is 25.3 Å². The van der Waals surface area contributed by atoms with Crippen molar-refractivity contribution in [2.24, 2.45) is 23.7 Å². The molecule has 2 heterocycles. The molecule has 0 bridgehead atoms. The molecule has 3 aliphatic rings. The minimum absolute atomic E-state index is 0.189. The molecule has 0 N–H and O–H groups in total. The number of hydrogen-bond donors (Lipinski definition) is 0. The van der Waals surface area contributed by atoms with E-state index < -0.39 is 35.2 Å². The summed E-state index contributed by atoms with van der Waals surface area (Å²) in [4.78, 5) is 2.58. The Morgan fingerprint density at radius 3 is 1.49 bits per heavy atom. The van der Waals surface area contributed by atoms with E-state index in [2.05, 4.69) is 42.0 Å². The minimum Gasteiger partial charge on any atom is -0.744 e. The lowest BCUT2D eigenvalue weighted by molar-refractivity contribution is -0.881. The Morgan fingerprint density at radius 2 is 1.03 bits per heavy atom. The van der Waals surface area contributed by atoms with Crippen LogP contribution < -0.4 is 9.80 Å². The summed E-state index contributed by atoms with van der Waals surface area (Å²) in [5.41, 5.74) is 3.48. The highest BCUT2D eigenvalue weighted by molar-refractivity contribution is 7.86. The Bertz CT molecular complexity index is 2830. The van der Waals surface area contributed by atoms with Crippen LogP contribution in [0.15, 0.2) is 142 Å². The molecule has 2 aliphatic heterocycles. The Kier molecular flexibility index (Phi) is 16.9. The highest BCUT2D eigenvalue weighted by atomic mass is 32.2. The number of likely N-dealkylation sites (N-methyl/N-ethyl adjacent to an activating group) is 1. The quantitative estimate of drug-likeness (QED) is 0.0776. The second-order valence-corrected chi connectivity index (χ2v) is 24.1. The fraction of sp³-hybridized carbons (Fsp3) is 0.434. The van der Waals surface area contributed by atoms with Crippen molar-refractivity contribution in [3.63, 3.8) is 0 Å². The molecule has 4 atom stereocenters. The van der Waals surface area contributed by atoms with E-state index in [4.69, 9.17) is 0 Å². The highest BCUT2D eigenvalue weighted by Gasteiger charge is 2.42. The number of quaternary nitrogens is 2. The van der Waals surface area contributed by atoms with Crippen LogP contribution in [0, 0.1) is 23.7 Å². The summed E-state index contributed by atoms with van der Waals surface area (Å²) in [6, 6.07) is 24.0. The van der Waals surface area contributed by atoms with E-state index in [1.807, 2.05) is 30.9 Å². The SMILES string of the molecule is CCC1C[N+](C)(C)CC1CCC1C[N+](C)(C)CC1CC.CCN(c1ccc(C(=C2C=CC(N(CC)c3cccc(S(=O)(=O)[O-])c3)C=C2)c2ccccc2S(=O)(=O)[O-])cc1)c1cccc(S(=O)(=O)[O-])c1. The lowest BCUT2D eigenvalue weighted by Crippen LogP contribution is -2.37. The van der Waals surface area contributed by atoms with Crippen molar-refractivity contribution in [1.82, 2.24) is 0 Å². The normalized spacial score (nSPS) is 22.0. The van der Waals surface area contributed by atoms with Crippen molar-refractivity contribution in [1.29, 1.82) is 0 Å². The minimum atomic E-state index is -4.88. The van der Waals surface area contributed by atoms with Gasteiger partial charge in [-0.2, -0.15) is 0 Å². The fourth-order valence-electron chi connectivity index (χ4n) is 11.1. The van der Waals surface area contributed by atoms with Crippen molar-refractivity contribution in [3.8, 4) is 0 Å². The standard InChI is InChI=1S/C35H34N2O9S3.C18H38N2/c1-3-36(29-9-7-11-31(23-29)47(38,39)40)27-19-15-25(16-20-27)35(33-13-5-6-14-34(33)49(44,45)46)26-17-21-28(22-18-26)37(4-2)30-10-8-12-32(24-30)48(41,42)43;1-7-15-11-19(3,4)13-17(15)9-10-18-14-20(5,6)12-16(18)8-2/h5-24,27H,3-4H2,1-2H3,(H,38,39,40)(H,41,42,43)(H,44,45,46);15-18H,7-14H2,1-6H3/q;+2/p-3. The Morgan fingerprint density at radius 1 is 0.551 bits per heavy atom. The topological polar surface area (TPSA) is 178 Å². The smallest absolute Gasteiger partial charge is 0.125 e. The summed E-state index contributed by atoms with van der Waals surface area (Å²) in [5.74, 6) is 3.94. The van der Waals surface area contributed by atoms with Crippen molar-refractivity contribution in [2.45, 2.75) is 74.1 Å². The van der Waals surface area contributed by atoms with E-state index in [1.54, 1.807) is 65.6 Å². The number of anilines is 3. The Hall–Kier alpha value is -4.65. The maximum Gasteiger partial charge on any atom is 0.125 e. The molecule has 4 aromatic rings. The number of rotatable bonds is 16. The highest BCUT2D eigenvalue weighted by Crippen LogP contribution is 2.39. The van der Waals surface area contributed by atoms with Gasteiger partial charge in [0.1, 0.15) is 30.4 Å². The second-order valence-electron chi connectivity index (χ2n) is 20.0. The van der Waals surface area contributed by atoms with Gasteiger partial charge in [-0.05, 0) is 111 Å². The lowest BCUT2D eigenvalue weighted by Gasteiger charge is -2.31. The number of likely N-dealkylation sites (tertiary alicyclic amines) is 2. The van der Waals surface area contributed by atoms with Crippen LogP contribution in [0.3, 0.4) is 0 Å². The third kappa shape index (κ3) is 13.4. The van der Waals surface area contributed by atoms with Crippen LogP contribution in [0.5, 0.6) is 0 Å². The first-order chi connectivity index (χ1) is 32.4. The molecule has 16 heteroatoms. The summed E-state index contributed by atoms with van der Waals surface area (Å²) in [6.07, 6.45) is 13.0. The molecule has 0 saturated carbocycles. The summed E-state index contributed by atoms with van der Waals surface area (Å²) in [5, 5.41) is 0. The van der Waals surface area contributed by atoms with Gasteiger partial charge in [0.2, 0.25) is 0 Å². The first-order valence-electron chi connectivity index (χ1n) is 23.9. The molecule has 2 saturated heterocycles. The molecule has 69 heavy (non-hydrogen) atoms. The monoisotopic (exact) mass is 1000 g/mol. The van der Waals surface area contributed by atoms with Gasteiger partial charge in [0, 0.05) is 59.4 Å². The van der Waals surface area contributed by atoms with Crippen LogP contribution in [-0.2, 0) is 30.4 Å². The maximum atomic E-state index is 12.4. The summed E-state index contributed by atoms with van der Waals surface area (Å²) in [6.45, 7) is 15.1. The van der Waals surface area contributed by atoms with Gasteiger partial charge < -0.3 is 32.4 Å². The first-order valence-corrected chi connectivity index (χ1v) is 28.2. The number of benzene rings is 4. The molecule has 13 nitrogen and oxygen atoms in total. The molecule has 4 unspecified atom stereocenters. The van der Waals surface area contributed by atoms with Crippen LogP contribution >= 0.6 is 0 Å². The van der Waals surface area contributed by atoms with Crippen molar-refractivity contribution >= 4 is 53.0 Å². The van der Waals surface area contributed by atoms with Gasteiger partial charge in [0.05, 0.1) is 75.1 Å². The van der Waals surface area contributed by atoms with Crippen molar-refractivity contribution < 1.29 is 47.9 Å². The van der Waals surface area contributed by atoms with E-state index in [-0.39, 0.29) is 21.4 Å². The maximum absolute atomic E-state index is 12.4. The molecule has 0 radical (unpaired) electrons. The lowest BCUT2D eigenvalue weighted by atomic mass is 9.83. The average molecular weight is 1000 g/mol. The van der Waals surface area contributed by atoms with Gasteiger partial charge in [0.25, 0.3) is 0 Å². The molecule has 0 aromatic heterocycles. The van der Waals surface area contributed by atoms with Crippen LogP contribution in [-0.4, -0.2) is 121 Å². The largest absolute Gasteiger partial charge is 0.744 e. The van der Waals surface area contributed by atoms with Gasteiger partial charge in [0.15, 0.2) is 0 Å². The Labute approximate surface area is 411 Å². The molecule has 0 spiro atoms. The van der Waals surface area contributed by atoms with Crippen LogP contribution in [0.2, 0.25) is 0 Å². The number of allylic oxidation sites excluding steroid dienone is 3. The zero-order valence-corrected chi connectivity index (χ0v) is 43.6. The third-order valence-electron chi connectivity index (χ3n) is 14.2. The molecular weight excluding hydrogens is 933 g/mol. The molecule has 1 aliphatic carbocycles. The van der Waals surface area contributed by atoms with Gasteiger partial charge >= 0.3 is 0 Å². The summed E-state index contributed by atoms with van der Waals surface area (Å²) < 4.78 is 110. The van der Waals surface area contributed by atoms with Crippen LogP contribution in [0.1, 0.15) is 64.5 Å². The van der Waals surface area contributed by atoms with E-state index in [0.29, 0.717) is 46.9 Å². The van der Waals surface area contributed by atoms with Crippen LogP contribution in [0.25, 0.3) is 5.57 Å². The summed E-state index contributed by atoms with van der Waals surface area (Å²) in [7, 11) is -4.52.